The molecule has 0 spiro atoms. The molecule has 0 atom stereocenters. The number of aryl methyl sites for hydroxylation is 2. The van der Waals surface area contributed by atoms with E-state index < -0.39 is 4.92 Å². The first kappa shape index (κ1) is 13.4. The topological polar surface area (TPSA) is 84.4 Å². The number of aliphatic hydroxyl groups excluding tert-OH is 1. The van der Waals surface area contributed by atoms with Gasteiger partial charge in [0.2, 0.25) is 5.82 Å². The maximum atomic E-state index is 11.0. The molecule has 0 aliphatic heterocycles. The summed E-state index contributed by atoms with van der Waals surface area (Å²) in [7, 11) is 1.71. The van der Waals surface area contributed by atoms with Crippen molar-refractivity contribution in [2.24, 2.45) is 0 Å². The molecule has 0 fully saturated rings. The largest absolute Gasteiger partial charge is 0.395 e. The zero-order chi connectivity index (χ0) is 13.0. The van der Waals surface area contributed by atoms with Crippen molar-refractivity contribution in [3.05, 3.63) is 15.8 Å². The number of nitrogens with zero attached hydrogens (tertiary/aromatic N) is 4. The molecular formula is C10H18N4O3. The normalized spacial score (nSPS) is 10.6. The van der Waals surface area contributed by atoms with Crippen molar-refractivity contribution in [3.63, 3.8) is 0 Å². The maximum Gasteiger partial charge on any atom is 0.333 e. The highest BCUT2D eigenvalue weighted by molar-refractivity contribution is 5.60. The third-order valence-electron chi connectivity index (χ3n) is 2.48. The third kappa shape index (κ3) is 2.73. The molecule has 0 saturated carbocycles. The Hall–Kier alpha value is -1.63. The molecule has 7 nitrogen and oxygen atoms in total. The second kappa shape index (κ2) is 5.62. The van der Waals surface area contributed by atoms with Gasteiger partial charge in [-0.15, -0.1) is 0 Å². The molecule has 0 saturated heterocycles. The van der Waals surface area contributed by atoms with Crippen LogP contribution in [0.3, 0.4) is 0 Å². The summed E-state index contributed by atoms with van der Waals surface area (Å²) in [6, 6.07) is 0. The molecule has 0 radical (unpaired) electrons. The highest BCUT2D eigenvalue weighted by Crippen LogP contribution is 2.30. The minimum absolute atomic E-state index is 0.0226. The average molecular weight is 242 g/mol. The van der Waals surface area contributed by atoms with Crippen LogP contribution in [0.4, 0.5) is 11.5 Å². The van der Waals surface area contributed by atoms with Gasteiger partial charge >= 0.3 is 5.69 Å². The van der Waals surface area contributed by atoms with Crippen molar-refractivity contribution < 1.29 is 10.0 Å². The van der Waals surface area contributed by atoms with E-state index in [0.29, 0.717) is 24.6 Å². The van der Waals surface area contributed by atoms with Gasteiger partial charge in [-0.25, -0.2) is 4.68 Å². The second-order valence-corrected chi connectivity index (χ2v) is 3.88. The Morgan fingerprint density at radius 1 is 1.59 bits per heavy atom. The van der Waals surface area contributed by atoms with Gasteiger partial charge in [0.05, 0.1) is 11.5 Å². The molecule has 1 aromatic heterocycles. The summed E-state index contributed by atoms with van der Waals surface area (Å²) in [5.41, 5.74) is 0.428. The quantitative estimate of drug-likeness (QED) is 0.592. The van der Waals surface area contributed by atoms with Crippen LogP contribution in [0.2, 0.25) is 0 Å². The van der Waals surface area contributed by atoms with E-state index in [0.717, 1.165) is 6.42 Å². The standard InChI is InChI=1S/C10H18N4O3/c1-4-5-13-10(12(3)6-7-15)9(14(16)17)8(2)11-13/h15H,4-7H2,1-3H3. The Labute approximate surface area is 99.8 Å². The van der Waals surface area contributed by atoms with Crippen molar-refractivity contribution in [3.8, 4) is 0 Å². The molecule has 0 bridgehead atoms. The first-order valence-corrected chi connectivity index (χ1v) is 5.56. The number of hydrogen-bond acceptors (Lipinski definition) is 5. The molecule has 1 aromatic rings. The molecule has 96 valence electrons. The van der Waals surface area contributed by atoms with Crippen LogP contribution in [0.1, 0.15) is 19.0 Å². The van der Waals surface area contributed by atoms with Crippen molar-refractivity contribution in [2.45, 2.75) is 26.8 Å². The molecule has 1 rings (SSSR count). The molecule has 1 heterocycles. The predicted octanol–water partition coefficient (Wildman–Crippen LogP) is 0.938. The first-order valence-electron chi connectivity index (χ1n) is 5.56. The second-order valence-electron chi connectivity index (χ2n) is 3.88. The summed E-state index contributed by atoms with van der Waals surface area (Å²) >= 11 is 0. The van der Waals surface area contributed by atoms with Gasteiger partial charge in [-0.1, -0.05) is 6.92 Å². The fourth-order valence-electron chi connectivity index (χ4n) is 1.78. The lowest BCUT2D eigenvalue weighted by atomic mass is 10.3. The van der Waals surface area contributed by atoms with Crippen LogP contribution in [0.25, 0.3) is 0 Å². The van der Waals surface area contributed by atoms with Gasteiger partial charge < -0.3 is 10.0 Å². The summed E-state index contributed by atoms with van der Waals surface area (Å²) < 4.78 is 1.63. The average Bonchev–Trinajstić information content (AvgIpc) is 2.56. The van der Waals surface area contributed by atoms with Crippen LogP contribution in [-0.2, 0) is 6.54 Å². The fraction of sp³-hybridized carbons (Fsp3) is 0.700. The number of nitro groups is 1. The summed E-state index contributed by atoms with van der Waals surface area (Å²) in [6.07, 6.45) is 0.845. The number of rotatable bonds is 6. The van der Waals surface area contributed by atoms with Crippen molar-refractivity contribution in [2.75, 3.05) is 25.1 Å². The van der Waals surface area contributed by atoms with E-state index in [1.807, 2.05) is 6.92 Å². The maximum absolute atomic E-state index is 11.0. The molecule has 7 heteroatoms. The summed E-state index contributed by atoms with van der Waals surface area (Å²) in [4.78, 5) is 12.3. The summed E-state index contributed by atoms with van der Waals surface area (Å²) in [6.45, 7) is 4.53. The third-order valence-corrected chi connectivity index (χ3v) is 2.48. The van der Waals surface area contributed by atoms with Crippen LogP contribution in [-0.4, -0.2) is 40.0 Å². The fourth-order valence-corrected chi connectivity index (χ4v) is 1.78. The SMILES string of the molecule is CCCn1nc(C)c([N+](=O)[O-])c1N(C)CCO. The Morgan fingerprint density at radius 3 is 2.71 bits per heavy atom. The zero-order valence-electron chi connectivity index (χ0n) is 10.4. The predicted molar refractivity (Wildman–Crippen MR) is 64.3 cm³/mol. The van der Waals surface area contributed by atoms with Gasteiger partial charge in [0.1, 0.15) is 5.69 Å². The zero-order valence-corrected chi connectivity index (χ0v) is 10.4. The lowest BCUT2D eigenvalue weighted by molar-refractivity contribution is -0.384. The van der Waals surface area contributed by atoms with E-state index in [1.165, 1.54) is 0 Å². The van der Waals surface area contributed by atoms with Crippen molar-refractivity contribution in [1.82, 2.24) is 9.78 Å². The highest BCUT2D eigenvalue weighted by Gasteiger charge is 2.27. The van der Waals surface area contributed by atoms with E-state index in [4.69, 9.17) is 5.11 Å². The Balaban J connectivity index is 3.24. The van der Waals surface area contributed by atoms with Gasteiger partial charge in [-0.2, -0.15) is 5.10 Å². The molecule has 0 unspecified atom stereocenters. The Bertz CT molecular complexity index is 403. The van der Waals surface area contributed by atoms with E-state index in [1.54, 1.807) is 23.6 Å². The lowest BCUT2D eigenvalue weighted by Crippen LogP contribution is -2.25. The number of aliphatic hydroxyl groups is 1. The molecular weight excluding hydrogens is 224 g/mol. The van der Waals surface area contributed by atoms with E-state index in [-0.39, 0.29) is 12.3 Å². The van der Waals surface area contributed by atoms with Crippen molar-refractivity contribution >= 4 is 11.5 Å². The lowest BCUT2D eigenvalue weighted by Gasteiger charge is -2.18. The molecule has 0 aliphatic carbocycles. The van der Waals surface area contributed by atoms with Crippen LogP contribution >= 0.6 is 0 Å². The number of hydrogen-bond donors (Lipinski definition) is 1. The minimum Gasteiger partial charge on any atom is -0.395 e. The van der Waals surface area contributed by atoms with Crippen LogP contribution < -0.4 is 4.90 Å². The Kier molecular flexibility index (Phi) is 4.45. The van der Waals surface area contributed by atoms with Crippen LogP contribution in [0.15, 0.2) is 0 Å². The molecule has 17 heavy (non-hydrogen) atoms. The van der Waals surface area contributed by atoms with E-state index in [9.17, 15) is 10.1 Å². The summed E-state index contributed by atoms with van der Waals surface area (Å²) in [5.74, 6) is 0.461. The van der Waals surface area contributed by atoms with Gasteiger partial charge in [-0.05, 0) is 13.3 Å². The van der Waals surface area contributed by atoms with E-state index in [2.05, 4.69) is 5.10 Å². The molecule has 1 N–H and O–H groups in total. The first-order chi connectivity index (χ1) is 8.02. The Morgan fingerprint density at radius 2 is 2.24 bits per heavy atom. The molecule has 0 aliphatic rings. The van der Waals surface area contributed by atoms with Gasteiger partial charge in [0.25, 0.3) is 0 Å². The summed E-state index contributed by atoms with van der Waals surface area (Å²) in [5, 5.41) is 24.1. The highest BCUT2D eigenvalue weighted by atomic mass is 16.6. The van der Waals surface area contributed by atoms with E-state index >= 15 is 0 Å². The number of anilines is 1. The number of aromatic nitrogens is 2. The smallest absolute Gasteiger partial charge is 0.333 e. The van der Waals surface area contributed by atoms with Gasteiger partial charge in [-0.3, -0.25) is 10.1 Å². The molecule has 0 aromatic carbocycles. The molecule has 0 amide bonds. The van der Waals surface area contributed by atoms with Crippen molar-refractivity contribution in [1.29, 1.82) is 0 Å². The van der Waals surface area contributed by atoms with Crippen LogP contribution in [0, 0.1) is 17.0 Å². The monoisotopic (exact) mass is 242 g/mol. The van der Waals surface area contributed by atoms with Crippen LogP contribution in [0.5, 0.6) is 0 Å². The van der Waals surface area contributed by atoms with Gasteiger partial charge in [0, 0.05) is 20.1 Å². The minimum atomic E-state index is -0.419. The van der Waals surface area contributed by atoms with Gasteiger partial charge in [0.15, 0.2) is 0 Å². The number of likely N-dealkylation sites (N-methyl/N-ethyl adjacent to an activating group) is 1.